The van der Waals surface area contributed by atoms with Crippen LogP contribution in [0.5, 0.6) is 5.75 Å². The summed E-state index contributed by atoms with van der Waals surface area (Å²) in [6, 6.07) is 7.11. The first kappa shape index (κ1) is 12.4. The molecular formula is C15H23NO. The van der Waals surface area contributed by atoms with Crippen molar-refractivity contribution in [2.45, 2.75) is 38.6 Å². The van der Waals surface area contributed by atoms with Gasteiger partial charge in [0.25, 0.3) is 0 Å². The second-order valence-electron chi connectivity index (χ2n) is 4.98. The van der Waals surface area contributed by atoms with E-state index in [0.29, 0.717) is 6.04 Å². The van der Waals surface area contributed by atoms with E-state index in [9.17, 15) is 0 Å². The predicted molar refractivity (Wildman–Crippen MR) is 71.7 cm³/mol. The number of hydrogen-bond acceptors (Lipinski definition) is 2. The summed E-state index contributed by atoms with van der Waals surface area (Å²) in [5.41, 5.74) is 2.90. The topological polar surface area (TPSA) is 12.5 Å². The highest BCUT2D eigenvalue weighted by Gasteiger charge is 2.23. The summed E-state index contributed by atoms with van der Waals surface area (Å²) in [7, 11) is 4.02. The van der Waals surface area contributed by atoms with Crippen LogP contribution in [0.25, 0.3) is 0 Å². The Balaban J connectivity index is 2.17. The number of hydrogen-bond donors (Lipinski definition) is 0. The van der Waals surface area contributed by atoms with Gasteiger partial charge >= 0.3 is 0 Å². The minimum Gasteiger partial charge on any atom is -0.496 e. The lowest BCUT2D eigenvalue weighted by Gasteiger charge is -2.33. The molecule has 1 aliphatic carbocycles. The standard InChI is InChI=1S/C15H23NO/c1-4-10-16(2)13-9-8-12-6-5-7-15(17-3)14(12)11-13/h5-7,13H,4,8-11H2,1-3H3. The molecule has 1 aromatic rings. The summed E-state index contributed by atoms with van der Waals surface area (Å²) >= 11 is 0. The number of fused-ring (bicyclic) bond motifs is 1. The quantitative estimate of drug-likeness (QED) is 0.793. The van der Waals surface area contributed by atoms with Crippen LogP contribution in [0.1, 0.15) is 30.9 Å². The summed E-state index contributed by atoms with van der Waals surface area (Å²) in [5, 5.41) is 0. The minimum absolute atomic E-state index is 0.679. The summed E-state index contributed by atoms with van der Waals surface area (Å²) < 4.78 is 5.48. The van der Waals surface area contributed by atoms with Gasteiger partial charge < -0.3 is 9.64 Å². The van der Waals surface area contributed by atoms with E-state index < -0.39 is 0 Å². The number of methoxy groups -OCH3 is 1. The predicted octanol–water partition coefficient (Wildman–Crippen LogP) is 2.89. The van der Waals surface area contributed by atoms with Crippen LogP contribution in [0.2, 0.25) is 0 Å². The van der Waals surface area contributed by atoms with Crippen LogP contribution in [-0.4, -0.2) is 31.6 Å². The molecule has 1 atom stereocenters. The molecule has 94 valence electrons. The van der Waals surface area contributed by atoms with E-state index in [1.165, 1.54) is 36.9 Å². The van der Waals surface area contributed by atoms with Crippen LogP contribution in [0, 0.1) is 0 Å². The lowest BCUT2D eigenvalue weighted by atomic mass is 9.87. The third kappa shape index (κ3) is 2.63. The maximum Gasteiger partial charge on any atom is 0.122 e. The first-order valence-corrected chi connectivity index (χ1v) is 6.61. The second kappa shape index (κ2) is 5.54. The molecule has 0 aromatic heterocycles. The molecule has 1 aromatic carbocycles. The molecule has 2 rings (SSSR count). The molecule has 0 fully saturated rings. The summed E-state index contributed by atoms with van der Waals surface area (Å²) in [6.45, 7) is 3.43. The smallest absolute Gasteiger partial charge is 0.122 e. The first-order chi connectivity index (χ1) is 8.26. The van der Waals surface area contributed by atoms with E-state index in [2.05, 4.69) is 37.1 Å². The van der Waals surface area contributed by atoms with Gasteiger partial charge in [0.2, 0.25) is 0 Å². The number of nitrogens with zero attached hydrogens (tertiary/aromatic N) is 1. The zero-order valence-corrected chi connectivity index (χ0v) is 11.2. The molecule has 0 heterocycles. The largest absolute Gasteiger partial charge is 0.496 e. The van der Waals surface area contributed by atoms with E-state index in [-0.39, 0.29) is 0 Å². The maximum atomic E-state index is 5.48. The lowest BCUT2D eigenvalue weighted by molar-refractivity contribution is 0.220. The Bertz CT molecular complexity index is 361. The molecule has 1 aliphatic rings. The van der Waals surface area contributed by atoms with E-state index in [0.717, 1.165) is 12.2 Å². The Morgan fingerprint density at radius 3 is 2.94 bits per heavy atom. The maximum absolute atomic E-state index is 5.48. The summed E-state index contributed by atoms with van der Waals surface area (Å²) in [5.74, 6) is 1.07. The van der Waals surface area contributed by atoms with Crippen LogP contribution in [0.3, 0.4) is 0 Å². The van der Waals surface area contributed by atoms with Gasteiger partial charge in [0.1, 0.15) is 5.75 Å². The van der Waals surface area contributed by atoms with Gasteiger partial charge in [-0.1, -0.05) is 19.1 Å². The molecule has 2 heteroatoms. The highest BCUT2D eigenvalue weighted by Crippen LogP contribution is 2.31. The van der Waals surface area contributed by atoms with Crippen molar-refractivity contribution >= 4 is 0 Å². The average Bonchev–Trinajstić information content (AvgIpc) is 2.37. The fourth-order valence-corrected chi connectivity index (χ4v) is 2.84. The van der Waals surface area contributed by atoms with Crippen molar-refractivity contribution in [3.05, 3.63) is 29.3 Å². The third-order valence-corrected chi connectivity index (χ3v) is 3.84. The zero-order chi connectivity index (χ0) is 12.3. The van der Waals surface area contributed by atoms with Crippen molar-refractivity contribution in [2.24, 2.45) is 0 Å². The van der Waals surface area contributed by atoms with Crippen molar-refractivity contribution in [3.63, 3.8) is 0 Å². The van der Waals surface area contributed by atoms with E-state index >= 15 is 0 Å². The monoisotopic (exact) mass is 233 g/mol. The molecule has 0 bridgehead atoms. The molecule has 0 spiro atoms. The van der Waals surface area contributed by atoms with Crippen LogP contribution >= 0.6 is 0 Å². The van der Waals surface area contributed by atoms with Gasteiger partial charge in [-0.2, -0.15) is 0 Å². The molecule has 0 saturated carbocycles. The third-order valence-electron chi connectivity index (χ3n) is 3.84. The van der Waals surface area contributed by atoms with Gasteiger partial charge in [-0.3, -0.25) is 0 Å². The second-order valence-corrected chi connectivity index (χ2v) is 4.98. The molecule has 0 N–H and O–H groups in total. The van der Waals surface area contributed by atoms with Gasteiger partial charge in [-0.05, 0) is 56.5 Å². The Morgan fingerprint density at radius 2 is 2.24 bits per heavy atom. The molecular weight excluding hydrogens is 210 g/mol. The number of rotatable bonds is 4. The van der Waals surface area contributed by atoms with Crippen LogP contribution < -0.4 is 4.74 Å². The van der Waals surface area contributed by atoms with Crippen LogP contribution in [0.4, 0.5) is 0 Å². The number of likely N-dealkylation sites (N-methyl/N-ethyl adjacent to an activating group) is 1. The minimum atomic E-state index is 0.679. The van der Waals surface area contributed by atoms with Gasteiger partial charge in [0.05, 0.1) is 7.11 Å². The molecule has 2 nitrogen and oxygen atoms in total. The Kier molecular flexibility index (Phi) is 4.06. The van der Waals surface area contributed by atoms with Gasteiger partial charge in [-0.25, -0.2) is 0 Å². The van der Waals surface area contributed by atoms with Gasteiger partial charge in [-0.15, -0.1) is 0 Å². The van der Waals surface area contributed by atoms with Crippen molar-refractivity contribution in [1.82, 2.24) is 4.90 Å². The normalized spacial score (nSPS) is 19.2. The van der Waals surface area contributed by atoms with E-state index in [1.807, 2.05) is 0 Å². The zero-order valence-electron chi connectivity index (χ0n) is 11.2. The number of ether oxygens (including phenoxy) is 1. The van der Waals surface area contributed by atoms with E-state index in [1.54, 1.807) is 7.11 Å². The highest BCUT2D eigenvalue weighted by molar-refractivity contribution is 5.42. The van der Waals surface area contributed by atoms with Crippen molar-refractivity contribution in [2.75, 3.05) is 20.7 Å². The Morgan fingerprint density at radius 1 is 1.41 bits per heavy atom. The number of aryl methyl sites for hydroxylation is 1. The van der Waals surface area contributed by atoms with Gasteiger partial charge in [0, 0.05) is 6.04 Å². The van der Waals surface area contributed by atoms with Crippen molar-refractivity contribution in [3.8, 4) is 5.75 Å². The fraction of sp³-hybridized carbons (Fsp3) is 0.600. The molecule has 0 radical (unpaired) electrons. The molecule has 1 unspecified atom stereocenters. The molecule has 17 heavy (non-hydrogen) atoms. The molecule has 0 saturated heterocycles. The summed E-state index contributed by atoms with van der Waals surface area (Å²) in [6.07, 6.45) is 4.82. The molecule has 0 amide bonds. The highest BCUT2D eigenvalue weighted by atomic mass is 16.5. The SMILES string of the molecule is CCCN(C)C1CCc2cccc(OC)c2C1. The fourth-order valence-electron chi connectivity index (χ4n) is 2.84. The Hall–Kier alpha value is -1.02. The van der Waals surface area contributed by atoms with Crippen LogP contribution in [0.15, 0.2) is 18.2 Å². The average molecular weight is 233 g/mol. The first-order valence-electron chi connectivity index (χ1n) is 6.61. The lowest BCUT2D eigenvalue weighted by Crippen LogP contribution is -2.37. The van der Waals surface area contributed by atoms with E-state index in [4.69, 9.17) is 4.74 Å². The van der Waals surface area contributed by atoms with Gasteiger partial charge in [0.15, 0.2) is 0 Å². The van der Waals surface area contributed by atoms with Crippen molar-refractivity contribution < 1.29 is 4.74 Å². The summed E-state index contributed by atoms with van der Waals surface area (Å²) in [4.78, 5) is 2.50. The van der Waals surface area contributed by atoms with Crippen molar-refractivity contribution in [1.29, 1.82) is 0 Å². The van der Waals surface area contributed by atoms with Crippen LogP contribution in [-0.2, 0) is 12.8 Å². The number of benzene rings is 1. The molecule has 0 aliphatic heterocycles. The Labute approximate surface area is 105 Å².